The van der Waals surface area contributed by atoms with Gasteiger partial charge in [-0.3, -0.25) is 9.59 Å². The topological polar surface area (TPSA) is 142 Å². The van der Waals surface area contributed by atoms with E-state index < -0.39 is 16.6 Å². The standard InChI is InChI=1S/C36H45N5O6S/c1-23-9-6-10-24(2)32(23)29-16-30-38-34(37-29)39-48(45,46)28-12-7-11-25(15-28)33(44)41(27(21-47-30)17-35(3,4)5)26-18-36(19-26)13-8-14-40(22-36)31(43)20-42/h6-7,9-12,15-16,26-27,42H,8,13-14,17-22H2,1-5H3,(H,37,38,39)/t26-,27-,36-/m1/s1. The van der Waals surface area contributed by atoms with Gasteiger partial charge in [0.2, 0.25) is 17.7 Å². The van der Waals surface area contributed by atoms with Crippen LogP contribution in [-0.2, 0) is 14.8 Å². The summed E-state index contributed by atoms with van der Waals surface area (Å²) in [6.45, 7) is 11.1. The van der Waals surface area contributed by atoms with E-state index in [4.69, 9.17) is 4.74 Å². The first-order valence-electron chi connectivity index (χ1n) is 16.6. The molecule has 0 radical (unpaired) electrons. The molecular formula is C36H45N5O6S. The lowest BCUT2D eigenvalue weighted by Crippen LogP contribution is -2.62. The number of carbonyl (C=O) groups excluding carboxylic acids is 2. The maximum Gasteiger partial charge on any atom is 0.264 e. The molecule has 11 nitrogen and oxygen atoms in total. The zero-order valence-electron chi connectivity index (χ0n) is 28.3. The number of hydrogen-bond acceptors (Lipinski definition) is 8. The molecule has 1 atom stereocenters. The van der Waals surface area contributed by atoms with Crippen LogP contribution < -0.4 is 9.46 Å². The minimum absolute atomic E-state index is 0.0704. The second-order valence-corrected chi connectivity index (χ2v) is 16.6. The van der Waals surface area contributed by atoms with Crippen molar-refractivity contribution in [1.82, 2.24) is 19.8 Å². The van der Waals surface area contributed by atoms with Gasteiger partial charge in [0.25, 0.3) is 15.9 Å². The molecule has 2 N–H and O–H groups in total. The Balaban J connectivity index is 1.43. The Morgan fingerprint density at radius 3 is 2.48 bits per heavy atom. The molecule has 3 aromatic rings. The molecule has 4 bridgehead atoms. The fraction of sp³-hybridized carbons (Fsp3) is 0.500. The summed E-state index contributed by atoms with van der Waals surface area (Å²) in [6.07, 6.45) is 3.79. The maximum atomic E-state index is 14.6. The van der Waals surface area contributed by atoms with Gasteiger partial charge in [0.15, 0.2) is 0 Å². The van der Waals surface area contributed by atoms with E-state index in [9.17, 15) is 23.1 Å². The number of nitrogens with one attached hydrogen (secondary N) is 1. The van der Waals surface area contributed by atoms with Crippen LogP contribution in [0.3, 0.4) is 0 Å². The number of aliphatic hydroxyl groups is 1. The van der Waals surface area contributed by atoms with Gasteiger partial charge in [-0.05, 0) is 86.1 Å². The SMILES string of the molecule is Cc1cccc(C)c1-c1cc2nc(n1)NS(=O)(=O)c1cccc(c1)C(=O)N([C@H]1C[C@@]3(CCCN(C(=O)CO)C3)C1)[C@H](CC(C)(C)C)CO2. The predicted molar refractivity (Wildman–Crippen MR) is 182 cm³/mol. The van der Waals surface area contributed by atoms with Crippen molar-refractivity contribution in [3.05, 3.63) is 65.2 Å². The summed E-state index contributed by atoms with van der Waals surface area (Å²) >= 11 is 0. The van der Waals surface area contributed by atoms with Crippen LogP contribution >= 0.6 is 0 Å². The largest absolute Gasteiger partial charge is 0.475 e. The highest BCUT2D eigenvalue weighted by Gasteiger charge is 2.51. The number of anilines is 1. The molecule has 1 saturated carbocycles. The number of amides is 2. The first kappa shape index (κ1) is 33.9. The summed E-state index contributed by atoms with van der Waals surface area (Å²) < 4.78 is 36.4. The molecule has 256 valence electrons. The number of hydrogen-bond donors (Lipinski definition) is 2. The average Bonchev–Trinajstić information content (AvgIpc) is 3.01. The van der Waals surface area contributed by atoms with Crippen LogP contribution in [0.5, 0.6) is 5.88 Å². The van der Waals surface area contributed by atoms with Crippen molar-refractivity contribution in [2.24, 2.45) is 10.8 Å². The third-order valence-corrected chi connectivity index (χ3v) is 11.2. The van der Waals surface area contributed by atoms with E-state index >= 15 is 0 Å². The fourth-order valence-corrected chi connectivity index (χ4v) is 8.75. The molecule has 2 aromatic carbocycles. The molecule has 6 rings (SSSR count). The number of aromatic nitrogens is 2. The molecule has 1 saturated heterocycles. The highest BCUT2D eigenvalue weighted by molar-refractivity contribution is 7.92. The van der Waals surface area contributed by atoms with Crippen molar-refractivity contribution in [2.45, 2.75) is 83.7 Å². The van der Waals surface area contributed by atoms with Crippen molar-refractivity contribution < 1.29 is 27.9 Å². The Kier molecular flexibility index (Phi) is 9.01. The Labute approximate surface area is 282 Å². The van der Waals surface area contributed by atoms with Crippen LogP contribution in [0.25, 0.3) is 11.3 Å². The lowest BCUT2D eigenvalue weighted by atomic mass is 9.60. The van der Waals surface area contributed by atoms with E-state index in [-0.39, 0.29) is 63.6 Å². The molecule has 2 aliphatic heterocycles. The van der Waals surface area contributed by atoms with Gasteiger partial charge in [0.1, 0.15) is 13.2 Å². The highest BCUT2D eigenvalue weighted by atomic mass is 32.2. The molecule has 2 fully saturated rings. The van der Waals surface area contributed by atoms with Crippen LogP contribution in [0.1, 0.15) is 74.4 Å². The zero-order valence-corrected chi connectivity index (χ0v) is 29.1. The summed E-state index contributed by atoms with van der Waals surface area (Å²) in [4.78, 5) is 39.6. The summed E-state index contributed by atoms with van der Waals surface area (Å²) in [5, 5.41) is 9.50. The van der Waals surface area contributed by atoms with Crippen molar-refractivity contribution in [2.75, 3.05) is 31.0 Å². The molecule has 0 unspecified atom stereocenters. The van der Waals surface area contributed by atoms with Gasteiger partial charge in [-0.1, -0.05) is 45.0 Å². The summed E-state index contributed by atoms with van der Waals surface area (Å²) in [5.41, 5.74) is 3.29. The molecule has 2 amide bonds. The molecular weight excluding hydrogens is 630 g/mol. The van der Waals surface area contributed by atoms with Gasteiger partial charge in [0, 0.05) is 36.3 Å². The Morgan fingerprint density at radius 1 is 1.08 bits per heavy atom. The number of nitrogens with zero attached hydrogens (tertiary/aromatic N) is 4. The number of rotatable bonds is 4. The number of aryl methyl sites for hydroxylation is 2. The molecule has 3 aliphatic rings. The van der Waals surface area contributed by atoms with E-state index in [0.717, 1.165) is 29.5 Å². The number of sulfonamides is 1. The van der Waals surface area contributed by atoms with Crippen LogP contribution in [0, 0.1) is 24.7 Å². The molecule has 1 spiro atoms. The van der Waals surface area contributed by atoms with E-state index in [1.165, 1.54) is 12.1 Å². The van der Waals surface area contributed by atoms with Gasteiger partial charge in [-0.2, -0.15) is 4.98 Å². The van der Waals surface area contributed by atoms with Gasteiger partial charge >= 0.3 is 0 Å². The van der Waals surface area contributed by atoms with Crippen LogP contribution in [0.2, 0.25) is 0 Å². The van der Waals surface area contributed by atoms with Crippen LogP contribution in [0.15, 0.2) is 53.4 Å². The molecule has 1 aliphatic carbocycles. The normalized spacial score (nSPS) is 24.0. The third kappa shape index (κ3) is 6.91. The van der Waals surface area contributed by atoms with Crippen molar-refractivity contribution in [3.63, 3.8) is 0 Å². The van der Waals surface area contributed by atoms with Crippen LogP contribution in [0.4, 0.5) is 5.95 Å². The zero-order chi connectivity index (χ0) is 34.4. The lowest BCUT2D eigenvalue weighted by Gasteiger charge is -2.57. The summed E-state index contributed by atoms with van der Waals surface area (Å²) in [5.74, 6) is -0.457. The Morgan fingerprint density at radius 2 is 1.79 bits per heavy atom. The van der Waals surface area contributed by atoms with E-state index in [1.807, 2.05) is 36.9 Å². The molecule has 3 heterocycles. The average molecular weight is 676 g/mol. The van der Waals surface area contributed by atoms with Crippen LogP contribution in [-0.4, -0.2) is 83.5 Å². The Bertz CT molecular complexity index is 1810. The van der Waals surface area contributed by atoms with E-state index in [2.05, 4.69) is 35.5 Å². The number of carbonyl (C=O) groups is 2. The monoisotopic (exact) mass is 675 g/mol. The van der Waals surface area contributed by atoms with Crippen molar-refractivity contribution in [3.8, 4) is 17.1 Å². The van der Waals surface area contributed by atoms with Gasteiger partial charge in [-0.25, -0.2) is 18.1 Å². The summed E-state index contributed by atoms with van der Waals surface area (Å²) in [7, 11) is -4.17. The molecule has 12 heteroatoms. The quantitative estimate of drug-likeness (QED) is 0.395. The minimum Gasteiger partial charge on any atom is -0.475 e. The predicted octanol–water partition coefficient (Wildman–Crippen LogP) is 4.96. The minimum atomic E-state index is -4.17. The number of ether oxygens (including phenoxy) is 1. The van der Waals surface area contributed by atoms with Gasteiger partial charge < -0.3 is 19.6 Å². The fourth-order valence-electron chi connectivity index (χ4n) is 7.76. The maximum absolute atomic E-state index is 14.6. The number of benzene rings is 2. The van der Waals surface area contributed by atoms with Crippen molar-refractivity contribution >= 4 is 27.8 Å². The van der Waals surface area contributed by atoms with E-state index in [1.54, 1.807) is 23.1 Å². The lowest BCUT2D eigenvalue weighted by molar-refractivity contribution is -0.142. The third-order valence-electron chi connectivity index (χ3n) is 9.84. The van der Waals surface area contributed by atoms with Gasteiger partial charge in [0.05, 0.1) is 16.6 Å². The van der Waals surface area contributed by atoms with E-state index in [0.29, 0.717) is 38.0 Å². The number of likely N-dealkylation sites (tertiary alicyclic amines) is 1. The highest BCUT2D eigenvalue weighted by Crippen LogP contribution is 2.51. The second-order valence-electron chi connectivity index (χ2n) is 14.9. The number of aliphatic hydroxyl groups excluding tert-OH is 1. The van der Waals surface area contributed by atoms with Crippen molar-refractivity contribution in [1.29, 1.82) is 0 Å². The number of fused-ring (bicyclic) bond motifs is 4. The van der Waals surface area contributed by atoms with Gasteiger partial charge in [-0.15, -0.1) is 0 Å². The molecule has 48 heavy (non-hydrogen) atoms. The first-order valence-corrected chi connectivity index (χ1v) is 18.1. The smallest absolute Gasteiger partial charge is 0.264 e. The molecule has 1 aromatic heterocycles. The Hall–Kier alpha value is -4.03. The summed E-state index contributed by atoms with van der Waals surface area (Å²) in [6, 6.07) is 13.2. The second kappa shape index (κ2) is 12.8. The number of piperidine rings is 1. The first-order chi connectivity index (χ1) is 22.7.